The summed E-state index contributed by atoms with van der Waals surface area (Å²) >= 11 is 0. The molecule has 6 fully saturated rings. The largest absolute Gasteiger partial charge is 0.396 e. The smallest absolute Gasteiger partial charge is 0.176 e. The van der Waals surface area contributed by atoms with Crippen LogP contribution in [-0.4, -0.2) is 58.9 Å². The molecule has 0 amide bonds. The molecule has 0 unspecified atom stereocenters. The number of nitrogens with zero attached hydrogens (tertiary/aromatic N) is 1. The highest BCUT2D eigenvalue weighted by Crippen LogP contribution is 2.64. The Balaban J connectivity index is 0.000000188. The number of hydrogen-bond donors (Lipinski definition) is 6. The van der Waals surface area contributed by atoms with Gasteiger partial charge in [-0.25, -0.2) is 0 Å². The number of nitriles is 1. The zero-order valence-corrected chi connectivity index (χ0v) is 30.7. The maximum Gasteiger partial charge on any atom is 0.176 e. The summed E-state index contributed by atoms with van der Waals surface area (Å²) in [4.78, 5) is 0. The van der Waals surface area contributed by atoms with E-state index in [1.807, 2.05) is 0 Å². The van der Waals surface area contributed by atoms with Crippen LogP contribution in [-0.2, 0) is 0 Å². The summed E-state index contributed by atoms with van der Waals surface area (Å²) in [5.41, 5.74) is 9.76. The second-order valence-electron chi connectivity index (χ2n) is 18.3. The second-order valence-corrected chi connectivity index (χ2v) is 18.3. The van der Waals surface area contributed by atoms with Crippen LogP contribution < -0.4 is 11.1 Å². The maximum absolute atomic E-state index is 10.1. The van der Waals surface area contributed by atoms with Crippen LogP contribution in [0, 0.1) is 80.5 Å². The zero-order chi connectivity index (χ0) is 35.1. The van der Waals surface area contributed by atoms with Gasteiger partial charge in [-0.05, 0) is 165 Å². The van der Waals surface area contributed by atoms with Crippen LogP contribution in [0.15, 0.2) is 24.3 Å². The predicted octanol–water partition coefficient (Wildman–Crippen LogP) is 6.32. The quantitative estimate of drug-likeness (QED) is 0.106. The Morgan fingerprint density at radius 1 is 0.708 bits per heavy atom. The molecule has 0 spiro atoms. The van der Waals surface area contributed by atoms with Crippen LogP contribution in [0.2, 0.25) is 0 Å². The third-order valence-corrected chi connectivity index (χ3v) is 16.6. The molecular weight excluding hydrogens is 598 g/mol. The van der Waals surface area contributed by atoms with E-state index in [2.05, 4.69) is 52.4 Å². The number of rotatable bonds is 7. The second kappa shape index (κ2) is 14.7. The molecule has 0 aromatic heterocycles. The van der Waals surface area contributed by atoms with Gasteiger partial charge in [0.2, 0.25) is 0 Å². The molecule has 6 rings (SSSR count). The Kier molecular flexibility index (Phi) is 11.6. The molecule has 0 saturated heterocycles. The van der Waals surface area contributed by atoms with Crippen LogP contribution in [0.1, 0.15) is 118 Å². The summed E-state index contributed by atoms with van der Waals surface area (Å²) in [6.07, 6.45) is 16.1. The number of hydrogen-bond acceptors (Lipinski definition) is 7. The molecule has 7 N–H and O–H groups in total. The molecule has 48 heavy (non-hydrogen) atoms. The Morgan fingerprint density at radius 3 is 1.56 bits per heavy atom. The first-order chi connectivity index (χ1) is 22.7. The van der Waals surface area contributed by atoms with E-state index in [9.17, 15) is 20.4 Å². The summed E-state index contributed by atoms with van der Waals surface area (Å²) in [6, 6.07) is 0. The van der Waals surface area contributed by atoms with Gasteiger partial charge in [0.05, 0.1) is 12.2 Å². The van der Waals surface area contributed by atoms with Gasteiger partial charge < -0.3 is 31.5 Å². The minimum atomic E-state index is -0.277. The summed E-state index contributed by atoms with van der Waals surface area (Å²) in [6.45, 7) is 20.0. The van der Waals surface area contributed by atoms with E-state index in [0.717, 1.165) is 64.5 Å². The van der Waals surface area contributed by atoms with Gasteiger partial charge in [-0.3, -0.25) is 0 Å². The van der Waals surface area contributed by atoms with Crippen molar-refractivity contribution in [3.8, 4) is 6.19 Å². The molecule has 6 aliphatic rings. The van der Waals surface area contributed by atoms with Crippen molar-refractivity contribution in [3.63, 3.8) is 0 Å². The van der Waals surface area contributed by atoms with Gasteiger partial charge in [0.25, 0.3) is 0 Å². The van der Waals surface area contributed by atoms with Crippen molar-refractivity contribution in [3.05, 3.63) is 24.3 Å². The lowest BCUT2D eigenvalue weighted by Crippen LogP contribution is -2.53. The van der Waals surface area contributed by atoms with E-state index in [1.165, 1.54) is 43.3 Å². The highest BCUT2D eigenvalue weighted by Gasteiger charge is 2.58. The topological polar surface area (TPSA) is 143 Å². The molecule has 14 atom stereocenters. The van der Waals surface area contributed by atoms with Crippen LogP contribution in [0.3, 0.4) is 0 Å². The lowest BCUT2D eigenvalue weighted by atomic mass is 9.49. The van der Waals surface area contributed by atoms with Crippen molar-refractivity contribution >= 4 is 0 Å². The number of aliphatic hydroxyl groups excluding tert-OH is 4. The van der Waals surface area contributed by atoms with Crippen molar-refractivity contribution in [2.45, 2.75) is 130 Å². The van der Waals surface area contributed by atoms with E-state index in [1.54, 1.807) is 0 Å². The molecule has 0 aromatic carbocycles. The van der Waals surface area contributed by atoms with Gasteiger partial charge in [-0.15, -0.1) is 0 Å². The number of nitrogens with one attached hydrogen (secondary N) is 1. The fourth-order valence-electron chi connectivity index (χ4n) is 13.1. The molecule has 0 aromatic rings. The van der Waals surface area contributed by atoms with Gasteiger partial charge in [0, 0.05) is 19.8 Å². The maximum atomic E-state index is 10.1. The average molecular weight is 668 g/mol. The van der Waals surface area contributed by atoms with Gasteiger partial charge in [-0.2, -0.15) is 5.26 Å². The molecule has 6 saturated carbocycles. The molecule has 0 heterocycles. The first kappa shape index (κ1) is 37.8. The predicted molar refractivity (Wildman–Crippen MR) is 192 cm³/mol. The zero-order valence-electron chi connectivity index (χ0n) is 30.7. The van der Waals surface area contributed by atoms with Gasteiger partial charge in [0.15, 0.2) is 6.19 Å². The number of fused-ring (bicyclic) bond motifs is 2. The summed E-state index contributed by atoms with van der Waals surface area (Å²) in [5.74, 6) is 3.61. The average Bonchev–Trinajstić information content (AvgIpc) is 3.55. The Labute approximate surface area is 291 Å². The number of nitrogens with two attached hydrogens (primary N) is 1. The van der Waals surface area contributed by atoms with Gasteiger partial charge in [0.1, 0.15) is 0 Å². The first-order valence-corrected chi connectivity index (χ1v) is 19.5. The molecule has 6 aliphatic carbocycles. The lowest BCUT2D eigenvalue weighted by Gasteiger charge is -2.56. The summed E-state index contributed by atoms with van der Waals surface area (Å²) < 4.78 is 0. The van der Waals surface area contributed by atoms with Crippen LogP contribution in [0.25, 0.3) is 0 Å². The van der Waals surface area contributed by atoms with Gasteiger partial charge in [-0.1, -0.05) is 52.0 Å². The molecule has 272 valence electrons. The monoisotopic (exact) mass is 668 g/mol. The Bertz CT molecular complexity index is 1200. The number of aliphatic hydroxyl groups is 4. The third kappa shape index (κ3) is 6.45. The van der Waals surface area contributed by atoms with Crippen LogP contribution >= 0.6 is 0 Å². The van der Waals surface area contributed by atoms with Crippen molar-refractivity contribution < 1.29 is 20.4 Å². The van der Waals surface area contributed by atoms with Crippen molar-refractivity contribution in [2.75, 3.05) is 26.3 Å². The molecule has 0 bridgehead atoms. The fraction of sp³-hybridized carbons (Fsp3) is 0.878. The third-order valence-electron chi connectivity index (χ3n) is 16.6. The lowest BCUT2D eigenvalue weighted by molar-refractivity contribution is -0.0926. The molecule has 0 radical (unpaired) electrons. The van der Waals surface area contributed by atoms with Crippen molar-refractivity contribution in [1.82, 2.24) is 5.32 Å². The highest BCUT2D eigenvalue weighted by molar-refractivity contribution is 5.22. The summed E-state index contributed by atoms with van der Waals surface area (Å²) in [7, 11) is 0. The van der Waals surface area contributed by atoms with Crippen LogP contribution in [0.4, 0.5) is 0 Å². The van der Waals surface area contributed by atoms with E-state index in [4.69, 9.17) is 11.0 Å². The molecule has 7 nitrogen and oxygen atoms in total. The van der Waals surface area contributed by atoms with E-state index < -0.39 is 0 Å². The normalized spacial score (nSPS) is 48.9. The standard InChI is InChI=1S/C21H34N2O2.C20H35NO2/c1-14-4-5-18-17(11-23-13-22)19(7-9-20(14,18)2)21(3)8-6-16(25)10-15(21)12-24;1-13-4-5-17-16(11-21)18(7-9-19(13,17)2)20(3)8-6-15(23)10-14(20)12-22/h15-19,23-25H,1,4-12H2,2-3H3;14-18,22-23H,1,4-12,21H2,2-3H3/t15-,16+,17+,18+,19+,20-,21+;14-,15+,16+,17+,18+,19-,20+/m11/s1. The van der Waals surface area contributed by atoms with Crippen molar-refractivity contribution in [2.24, 2.45) is 74.7 Å². The highest BCUT2D eigenvalue weighted by atomic mass is 16.3. The SMILES string of the molecule is C=C1CC[C@H]2[C@H](CN)[C@@H]([C@@]3(C)CC[C@H](O)C[C@@H]3CO)CC[C@]12C.C=C1CC[C@H]2[C@H](CNC#N)[C@@H]([C@@]3(C)CC[C@H](O)C[C@@H]3CO)CC[C@]12C. The van der Waals surface area contributed by atoms with Gasteiger partial charge >= 0.3 is 0 Å². The number of allylic oxidation sites excluding steroid dienone is 2. The minimum Gasteiger partial charge on any atom is -0.396 e. The molecule has 7 heteroatoms. The Morgan fingerprint density at radius 2 is 1.15 bits per heavy atom. The van der Waals surface area contributed by atoms with Crippen LogP contribution in [0.5, 0.6) is 0 Å². The molecule has 0 aliphatic heterocycles. The fourth-order valence-corrected chi connectivity index (χ4v) is 13.1. The van der Waals surface area contributed by atoms with Crippen molar-refractivity contribution in [1.29, 1.82) is 5.26 Å². The van der Waals surface area contributed by atoms with E-state index >= 15 is 0 Å². The summed E-state index contributed by atoms with van der Waals surface area (Å²) in [5, 5.41) is 52.2. The van der Waals surface area contributed by atoms with E-state index in [-0.39, 0.29) is 58.9 Å². The minimum absolute atomic E-state index is 0.0427. The first-order valence-electron chi connectivity index (χ1n) is 19.5. The molecular formula is C41H69N3O4. The van der Waals surface area contributed by atoms with E-state index in [0.29, 0.717) is 41.9 Å². The Hall–Kier alpha value is -1.43.